The van der Waals surface area contributed by atoms with E-state index in [-0.39, 0.29) is 5.41 Å². The molecule has 0 spiro atoms. The first-order valence-electron chi connectivity index (χ1n) is 6.63. The van der Waals surface area contributed by atoms with Gasteiger partial charge in [-0.1, -0.05) is 55.8 Å². The third kappa shape index (κ3) is 2.71. The molecule has 1 aromatic heterocycles. The minimum atomic E-state index is -0.512. The van der Waals surface area contributed by atoms with E-state index in [9.17, 15) is 5.11 Å². The van der Waals surface area contributed by atoms with E-state index < -0.39 is 6.10 Å². The number of halogens is 1. The van der Waals surface area contributed by atoms with Gasteiger partial charge in [0, 0.05) is 10.3 Å². The number of benzene rings is 1. The van der Waals surface area contributed by atoms with Gasteiger partial charge in [0.1, 0.15) is 0 Å². The highest BCUT2D eigenvalue weighted by Crippen LogP contribution is 2.45. The molecule has 0 amide bonds. The van der Waals surface area contributed by atoms with E-state index in [4.69, 9.17) is 11.6 Å². The fraction of sp³-hybridized carbons (Fsp3) is 0.375. The summed E-state index contributed by atoms with van der Waals surface area (Å²) in [4.78, 5) is 0.942. The van der Waals surface area contributed by atoms with Crippen molar-refractivity contribution >= 4 is 22.9 Å². The smallest absolute Gasteiger partial charge is 0.0978 e. The van der Waals surface area contributed by atoms with Crippen LogP contribution in [0.1, 0.15) is 43.2 Å². The number of hydrogen-bond acceptors (Lipinski definition) is 2. The van der Waals surface area contributed by atoms with Gasteiger partial charge in [-0.05, 0) is 30.5 Å². The summed E-state index contributed by atoms with van der Waals surface area (Å²) < 4.78 is 0.725. The molecule has 1 N–H and O–H groups in total. The Kier molecular flexibility index (Phi) is 4.67. The van der Waals surface area contributed by atoms with Gasteiger partial charge in [0.15, 0.2) is 0 Å². The van der Waals surface area contributed by atoms with Crippen LogP contribution in [0, 0.1) is 0 Å². The Labute approximate surface area is 123 Å². The van der Waals surface area contributed by atoms with Crippen LogP contribution in [0.25, 0.3) is 0 Å². The lowest BCUT2D eigenvalue weighted by molar-refractivity contribution is 0.0758. The van der Waals surface area contributed by atoms with Gasteiger partial charge in [0.2, 0.25) is 0 Å². The molecule has 0 fully saturated rings. The van der Waals surface area contributed by atoms with E-state index in [1.165, 1.54) is 16.9 Å². The molecule has 1 nitrogen and oxygen atoms in total. The van der Waals surface area contributed by atoms with Gasteiger partial charge in [-0.2, -0.15) is 0 Å². The monoisotopic (exact) mass is 294 g/mol. The van der Waals surface area contributed by atoms with E-state index in [0.717, 1.165) is 22.1 Å². The number of thiophene rings is 1. The summed E-state index contributed by atoms with van der Waals surface area (Å²) in [6.07, 6.45) is 1.27. The molecular weight excluding hydrogens is 276 g/mol. The Hall–Kier alpha value is -0.830. The van der Waals surface area contributed by atoms with Crippen molar-refractivity contribution in [1.82, 2.24) is 0 Å². The highest BCUT2D eigenvalue weighted by atomic mass is 35.5. The highest BCUT2D eigenvalue weighted by molar-refractivity contribution is 7.16. The Bertz CT molecular complexity index is 517. The first-order valence-corrected chi connectivity index (χ1v) is 7.82. The zero-order valence-electron chi connectivity index (χ0n) is 11.3. The van der Waals surface area contributed by atoms with Crippen LogP contribution < -0.4 is 0 Å². The third-order valence-corrected chi connectivity index (χ3v) is 5.28. The fourth-order valence-corrected chi connectivity index (χ4v) is 3.89. The lowest BCUT2D eigenvalue weighted by atomic mass is 9.71. The molecule has 3 heteroatoms. The first kappa shape index (κ1) is 14.6. The number of hydrogen-bond donors (Lipinski definition) is 1. The maximum absolute atomic E-state index is 10.8. The average molecular weight is 295 g/mol. The Morgan fingerprint density at radius 2 is 1.74 bits per heavy atom. The van der Waals surface area contributed by atoms with Crippen molar-refractivity contribution in [2.75, 3.05) is 0 Å². The highest BCUT2D eigenvalue weighted by Gasteiger charge is 2.37. The molecule has 0 aliphatic carbocycles. The SMILES string of the molecule is CCC(CC)(c1ccccc1)C(O)c1ccc(Cl)s1. The lowest BCUT2D eigenvalue weighted by Crippen LogP contribution is -2.32. The summed E-state index contributed by atoms with van der Waals surface area (Å²) in [5, 5.41) is 10.8. The predicted octanol–water partition coefficient (Wildman–Crippen LogP) is 5.19. The minimum Gasteiger partial charge on any atom is -0.387 e. The number of aliphatic hydroxyl groups excluding tert-OH is 1. The second kappa shape index (κ2) is 6.08. The standard InChI is InChI=1S/C16H19ClOS/c1-3-16(4-2,12-8-6-5-7-9-12)15(18)13-10-11-14(17)19-13/h5-11,15,18H,3-4H2,1-2H3. The van der Waals surface area contributed by atoms with Gasteiger partial charge in [0.05, 0.1) is 10.4 Å². The van der Waals surface area contributed by atoms with Crippen LogP contribution in [0.2, 0.25) is 4.34 Å². The van der Waals surface area contributed by atoms with Gasteiger partial charge in [-0.15, -0.1) is 11.3 Å². The van der Waals surface area contributed by atoms with Crippen molar-refractivity contribution in [2.45, 2.75) is 38.2 Å². The normalized spacial score (nSPS) is 13.5. The summed E-state index contributed by atoms with van der Waals surface area (Å²) in [7, 11) is 0. The van der Waals surface area contributed by atoms with Crippen molar-refractivity contribution in [3.63, 3.8) is 0 Å². The fourth-order valence-electron chi connectivity index (χ4n) is 2.72. The molecule has 1 heterocycles. The van der Waals surface area contributed by atoms with Crippen LogP contribution in [0.3, 0.4) is 0 Å². The van der Waals surface area contributed by atoms with Crippen LogP contribution in [0.4, 0.5) is 0 Å². The third-order valence-electron chi connectivity index (χ3n) is 4.00. The van der Waals surface area contributed by atoms with Crippen molar-refractivity contribution in [2.24, 2.45) is 0 Å². The van der Waals surface area contributed by atoms with Crippen molar-refractivity contribution in [3.8, 4) is 0 Å². The quantitative estimate of drug-likeness (QED) is 0.804. The Morgan fingerprint density at radius 3 is 2.21 bits per heavy atom. The molecular formula is C16H19ClOS. The summed E-state index contributed by atoms with van der Waals surface area (Å²) in [6, 6.07) is 14.1. The van der Waals surface area contributed by atoms with E-state index in [0.29, 0.717) is 0 Å². The Balaban J connectivity index is 2.45. The molecule has 0 saturated heterocycles. The lowest BCUT2D eigenvalue weighted by Gasteiger charge is -2.36. The average Bonchev–Trinajstić information content (AvgIpc) is 2.88. The van der Waals surface area contributed by atoms with Gasteiger partial charge < -0.3 is 5.11 Å². The molecule has 2 rings (SSSR count). The topological polar surface area (TPSA) is 20.2 Å². The summed E-state index contributed by atoms with van der Waals surface area (Å²) >= 11 is 7.46. The molecule has 1 aromatic carbocycles. The Morgan fingerprint density at radius 1 is 1.11 bits per heavy atom. The zero-order chi connectivity index (χ0) is 13.9. The molecule has 1 unspecified atom stereocenters. The largest absolute Gasteiger partial charge is 0.387 e. The minimum absolute atomic E-state index is 0.241. The molecule has 0 bridgehead atoms. The zero-order valence-corrected chi connectivity index (χ0v) is 12.8. The molecule has 102 valence electrons. The molecule has 2 aromatic rings. The second-order valence-corrected chi connectivity index (χ2v) is 6.52. The second-order valence-electron chi connectivity index (χ2n) is 4.77. The molecule has 19 heavy (non-hydrogen) atoms. The van der Waals surface area contributed by atoms with E-state index in [1.54, 1.807) is 0 Å². The van der Waals surface area contributed by atoms with Gasteiger partial charge in [-0.25, -0.2) is 0 Å². The molecule has 0 radical (unpaired) electrons. The van der Waals surface area contributed by atoms with Crippen molar-refractivity contribution in [1.29, 1.82) is 0 Å². The maximum Gasteiger partial charge on any atom is 0.0978 e. The summed E-state index contributed by atoms with van der Waals surface area (Å²) in [5.74, 6) is 0. The first-order chi connectivity index (χ1) is 9.14. The van der Waals surface area contributed by atoms with Crippen LogP contribution >= 0.6 is 22.9 Å². The van der Waals surface area contributed by atoms with Crippen LogP contribution in [0.5, 0.6) is 0 Å². The van der Waals surface area contributed by atoms with E-state index >= 15 is 0 Å². The number of aliphatic hydroxyl groups is 1. The van der Waals surface area contributed by atoms with Gasteiger partial charge >= 0.3 is 0 Å². The predicted molar refractivity (Wildman–Crippen MR) is 83.0 cm³/mol. The molecule has 1 atom stereocenters. The van der Waals surface area contributed by atoms with Crippen LogP contribution in [-0.2, 0) is 5.41 Å². The van der Waals surface area contributed by atoms with Gasteiger partial charge in [0.25, 0.3) is 0 Å². The summed E-state index contributed by atoms with van der Waals surface area (Å²) in [5.41, 5.74) is 0.951. The molecule has 0 aliphatic heterocycles. The van der Waals surface area contributed by atoms with Crippen LogP contribution in [0.15, 0.2) is 42.5 Å². The van der Waals surface area contributed by atoms with Crippen LogP contribution in [-0.4, -0.2) is 5.11 Å². The van der Waals surface area contributed by atoms with Crippen molar-refractivity contribution < 1.29 is 5.11 Å². The maximum atomic E-state index is 10.8. The summed E-state index contributed by atoms with van der Waals surface area (Å²) in [6.45, 7) is 4.27. The van der Waals surface area contributed by atoms with E-state index in [2.05, 4.69) is 26.0 Å². The molecule has 0 aliphatic rings. The van der Waals surface area contributed by atoms with Crippen molar-refractivity contribution in [3.05, 3.63) is 57.2 Å². The van der Waals surface area contributed by atoms with Gasteiger partial charge in [-0.3, -0.25) is 0 Å². The van der Waals surface area contributed by atoms with E-state index in [1.807, 2.05) is 30.3 Å². The molecule has 0 saturated carbocycles. The number of rotatable bonds is 5.